The van der Waals surface area contributed by atoms with Crippen molar-refractivity contribution in [3.05, 3.63) is 87.3 Å². The Morgan fingerprint density at radius 1 is 1.17 bits per heavy atom. The normalized spacial score (nSPS) is 19.5. The predicted octanol–water partition coefficient (Wildman–Crippen LogP) is 5.30. The molecule has 2 N–H and O–H groups in total. The maximum atomic E-state index is 13.6. The summed E-state index contributed by atoms with van der Waals surface area (Å²) in [6.07, 6.45) is 1.09. The van der Waals surface area contributed by atoms with Crippen molar-refractivity contribution in [2.24, 2.45) is 11.1 Å². The van der Waals surface area contributed by atoms with E-state index in [2.05, 4.69) is 19.9 Å². The second-order valence-electron chi connectivity index (χ2n) is 9.74. The van der Waals surface area contributed by atoms with Gasteiger partial charge in [0.1, 0.15) is 18.2 Å². The van der Waals surface area contributed by atoms with E-state index in [4.69, 9.17) is 26.8 Å². The van der Waals surface area contributed by atoms with Gasteiger partial charge in [-0.3, -0.25) is 4.79 Å². The molecule has 4 rings (SSSR count). The van der Waals surface area contributed by atoms with E-state index in [-0.39, 0.29) is 11.2 Å². The number of hydrogen-bond acceptors (Lipinski definition) is 6. The van der Waals surface area contributed by atoms with Gasteiger partial charge < -0.3 is 20.1 Å². The van der Waals surface area contributed by atoms with Crippen LogP contribution in [0, 0.1) is 16.7 Å². The Morgan fingerprint density at radius 3 is 2.57 bits per heavy atom. The van der Waals surface area contributed by atoms with Gasteiger partial charge in [0.2, 0.25) is 0 Å². The van der Waals surface area contributed by atoms with Crippen LogP contribution in [0.3, 0.4) is 0 Å². The summed E-state index contributed by atoms with van der Waals surface area (Å²) in [5.41, 5.74) is 9.98. The molecular formula is C28H30ClN3O3. The third kappa shape index (κ3) is 5.07. The van der Waals surface area contributed by atoms with Crippen molar-refractivity contribution in [3.63, 3.8) is 0 Å². The van der Waals surface area contributed by atoms with Gasteiger partial charge in [-0.15, -0.1) is 0 Å². The summed E-state index contributed by atoms with van der Waals surface area (Å²) in [5, 5.41) is 10.9. The number of benzene rings is 2. The summed E-state index contributed by atoms with van der Waals surface area (Å²) in [4.78, 5) is 15.5. The number of carbonyl (C=O) groups is 1. The standard InChI is InChI=1S/C28H30ClN3O3/c1-28(2)14-22-26(23(33)15-28)25(21(16-30)27(31)32(22)12-13-34-3)20-6-4-5-7-24(20)35-17-18-8-10-19(29)11-9-18/h4-11,25H,12-15,17,31H2,1-3H3/t25-/m0/s1. The van der Waals surface area contributed by atoms with Gasteiger partial charge in [-0.1, -0.05) is 55.8 Å². The van der Waals surface area contributed by atoms with Crippen LogP contribution in [0.5, 0.6) is 5.75 Å². The molecule has 0 aromatic heterocycles. The number of hydrogen-bond donors (Lipinski definition) is 1. The number of halogens is 1. The van der Waals surface area contributed by atoms with E-state index in [1.54, 1.807) is 7.11 Å². The lowest BCUT2D eigenvalue weighted by atomic mass is 9.68. The van der Waals surface area contributed by atoms with Crippen LogP contribution in [0.25, 0.3) is 0 Å². The van der Waals surface area contributed by atoms with E-state index in [1.165, 1.54) is 0 Å². The molecule has 0 radical (unpaired) electrons. The van der Waals surface area contributed by atoms with Crippen LogP contribution in [0.2, 0.25) is 5.02 Å². The molecule has 0 unspecified atom stereocenters. The van der Waals surface area contributed by atoms with E-state index in [9.17, 15) is 10.1 Å². The van der Waals surface area contributed by atoms with Gasteiger partial charge in [0, 0.05) is 41.9 Å². The van der Waals surface area contributed by atoms with Crippen molar-refractivity contribution < 1.29 is 14.3 Å². The average Bonchev–Trinajstić information content (AvgIpc) is 2.82. The summed E-state index contributed by atoms with van der Waals surface area (Å²) >= 11 is 6.01. The zero-order valence-corrected chi connectivity index (χ0v) is 21.1. The highest BCUT2D eigenvalue weighted by molar-refractivity contribution is 6.30. The first kappa shape index (κ1) is 24.8. The molecule has 0 saturated heterocycles. The van der Waals surface area contributed by atoms with Crippen molar-refractivity contribution >= 4 is 17.4 Å². The summed E-state index contributed by atoms with van der Waals surface area (Å²) in [5.74, 6) is 0.435. The van der Waals surface area contributed by atoms with E-state index in [0.29, 0.717) is 60.3 Å². The summed E-state index contributed by atoms with van der Waals surface area (Å²) in [6.45, 7) is 5.39. The Balaban J connectivity index is 1.80. The molecular weight excluding hydrogens is 462 g/mol. The van der Waals surface area contributed by atoms with Gasteiger partial charge in [-0.05, 0) is 35.6 Å². The van der Waals surface area contributed by atoms with Crippen LogP contribution in [0.1, 0.15) is 43.7 Å². The number of methoxy groups -OCH3 is 1. The highest BCUT2D eigenvalue weighted by Crippen LogP contribution is 2.50. The lowest BCUT2D eigenvalue weighted by Gasteiger charge is -2.44. The first-order chi connectivity index (χ1) is 16.8. The van der Waals surface area contributed by atoms with E-state index < -0.39 is 5.92 Å². The van der Waals surface area contributed by atoms with Crippen LogP contribution in [-0.4, -0.2) is 30.9 Å². The number of nitrogens with two attached hydrogens (primary N) is 1. The van der Waals surface area contributed by atoms with Gasteiger partial charge in [0.05, 0.1) is 24.2 Å². The Bertz CT molecular complexity index is 1220. The molecule has 0 spiro atoms. The molecule has 0 amide bonds. The molecule has 2 aromatic carbocycles. The number of carbonyl (C=O) groups excluding carboxylic acids is 1. The smallest absolute Gasteiger partial charge is 0.162 e. The SMILES string of the molecule is COCCN1C(N)=C(C#N)[C@H](c2ccccc2OCc2ccc(Cl)cc2)C2=C1CC(C)(C)CC2=O. The number of para-hydroxylation sites is 1. The highest BCUT2D eigenvalue weighted by Gasteiger charge is 2.44. The highest BCUT2D eigenvalue weighted by atomic mass is 35.5. The molecule has 182 valence electrons. The average molecular weight is 492 g/mol. The monoisotopic (exact) mass is 491 g/mol. The third-order valence-electron chi connectivity index (χ3n) is 6.54. The first-order valence-corrected chi connectivity index (χ1v) is 12.0. The predicted molar refractivity (Wildman–Crippen MR) is 135 cm³/mol. The van der Waals surface area contributed by atoms with Gasteiger partial charge in [-0.25, -0.2) is 0 Å². The third-order valence-corrected chi connectivity index (χ3v) is 6.80. The molecule has 6 nitrogen and oxygen atoms in total. The van der Waals surface area contributed by atoms with E-state index >= 15 is 0 Å². The molecule has 1 aliphatic heterocycles. The van der Waals surface area contributed by atoms with Crippen molar-refractivity contribution in [2.45, 2.75) is 39.2 Å². The van der Waals surface area contributed by atoms with Crippen LogP contribution in [-0.2, 0) is 16.1 Å². The Kier molecular flexibility index (Phi) is 7.20. The number of ether oxygens (including phenoxy) is 2. The number of allylic oxidation sites excluding steroid dienone is 3. The molecule has 2 aromatic rings. The van der Waals surface area contributed by atoms with Crippen LogP contribution < -0.4 is 10.5 Å². The van der Waals surface area contributed by atoms with Crippen molar-refractivity contribution in [1.29, 1.82) is 5.26 Å². The van der Waals surface area contributed by atoms with Crippen LogP contribution in [0.15, 0.2) is 71.2 Å². The van der Waals surface area contributed by atoms with Gasteiger partial charge in [0.25, 0.3) is 0 Å². The minimum atomic E-state index is -0.584. The quantitative estimate of drug-likeness (QED) is 0.565. The van der Waals surface area contributed by atoms with Crippen molar-refractivity contribution in [3.8, 4) is 11.8 Å². The second-order valence-corrected chi connectivity index (χ2v) is 10.2. The van der Waals surface area contributed by atoms with Crippen molar-refractivity contribution in [1.82, 2.24) is 4.90 Å². The van der Waals surface area contributed by atoms with Crippen LogP contribution >= 0.6 is 11.6 Å². The Labute approximate surface area is 211 Å². The number of Topliss-reactive ketones (excluding diaryl/α,β-unsaturated/α-hetero) is 1. The van der Waals surface area contributed by atoms with Gasteiger partial charge >= 0.3 is 0 Å². The molecule has 0 saturated carbocycles. The number of nitriles is 1. The minimum absolute atomic E-state index is 0.0384. The molecule has 2 aliphatic rings. The summed E-state index contributed by atoms with van der Waals surface area (Å²) in [7, 11) is 1.62. The van der Waals surface area contributed by atoms with Crippen molar-refractivity contribution in [2.75, 3.05) is 20.3 Å². The van der Waals surface area contributed by atoms with Gasteiger partial charge in [-0.2, -0.15) is 5.26 Å². The zero-order chi connectivity index (χ0) is 25.2. The fourth-order valence-electron chi connectivity index (χ4n) is 4.92. The molecule has 0 bridgehead atoms. The largest absolute Gasteiger partial charge is 0.489 e. The summed E-state index contributed by atoms with van der Waals surface area (Å²) in [6, 6.07) is 17.3. The van der Waals surface area contributed by atoms with E-state index in [1.807, 2.05) is 53.4 Å². The Morgan fingerprint density at radius 2 is 1.89 bits per heavy atom. The fourth-order valence-corrected chi connectivity index (χ4v) is 5.04. The molecule has 0 fully saturated rings. The topological polar surface area (TPSA) is 88.6 Å². The second kappa shape index (κ2) is 10.2. The number of nitrogens with zero attached hydrogens (tertiary/aromatic N) is 2. The number of ketones is 1. The molecule has 35 heavy (non-hydrogen) atoms. The lowest BCUT2D eigenvalue weighted by molar-refractivity contribution is -0.118. The molecule has 7 heteroatoms. The minimum Gasteiger partial charge on any atom is -0.489 e. The lowest BCUT2D eigenvalue weighted by Crippen LogP contribution is -2.43. The maximum absolute atomic E-state index is 13.6. The molecule has 1 aliphatic carbocycles. The fraction of sp³-hybridized carbons (Fsp3) is 0.357. The molecule has 1 heterocycles. The van der Waals surface area contributed by atoms with Gasteiger partial charge in [0.15, 0.2) is 5.78 Å². The maximum Gasteiger partial charge on any atom is 0.162 e. The molecule has 1 atom stereocenters. The Hall–Kier alpha value is -3.27. The summed E-state index contributed by atoms with van der Waals surface area (Å²) < 4.78 is 11.5. The first-order valence-electron chi connectivity index (χ1n) is 11.6. The zero-order valence-electron chi connectivity index (χ0n) is 20.3. The van der Waals surface area contributed by atoms with Crippen LogP contribution in [0.4, 0.5) is 0 Å². The number of rotatable bonds is 7. The van der Waals surface area contributed by atoms with E-state index in [0.717, 1.165) is 16.8 Å².